The maximum absolute atomic E-state index is 13.0. The molecule has 0 aromatic carbocycles. The Morgan fingerprint density at radius 2 is 1.43 bits per heavy atom. The molecule has 0 aliphatic heterocycles. The Morgan fingerprint density at radius 1 is 0.900 bits per heavy atom. The number of hydrogen-bond acceptors (Lipinski definition) is 4. The molecule has 0 atom stereocenters. The predicted molar refractivity (Wildman–Crippen MR) is 122 cm³/mol. The highest BCUT2D eigenvalue weighted by Crippen LogP contribution is 2.33. The Balaban J connectivity index is 2.29. The van der Waals surface area contributed by atoms with Crippen molar-refractivity contribution >= 4 is 0 Å². The Kier molecular flexibility index (Phi) is 6.51. The Morgan fingerprint density at radius 3 is 1.93 bits per heavy atom. The van der Waals surface area contributed by atoms with Crippen LogP contribution >= 0.6 is 0 Å². The first kappa shape index (κ1) is 24.0. The van der Waals surface area contributed by atoms with Gasteiger partial charge in [-0.3, -0.25) is 14.2 Å². The Labute approximate surface area is 180 Å². The highest BCUT2D eigenvalue weighted by atomic mass is 16.1. The van der Waals surface area contributed by atoms with Crippen LogP contribution in [0.2, 0.25) is 0 Å². The highest BCUT2D eigenvalue weighted by Gasteiger charge is 2.32. The van der Waals surface area contributed by atoms with Crippen LogP contribution in [0, 0.1) is 0 Å². The van der Waals surface area contributed by atoms with Crippen molar-refractivity contribution in [2.24, 2.45) is 7.05 Å². The number of aromatic amines is 1. The zero-order valence-corrected chi connectivity index (χ0v) is 20.3. The van der Waals surface area contributed by atoms with Crippen molar-refractivity contribution < 1.29 is 0 Å². The number of rotatable bonds is 6. The van der Waals surface area contributed by atoms with Gasteiger partial charge in [0, 0.05) is 41.9 Å². The minimum atomic E-state index is -0.347. The van der Waals surface area contributed by atoms with Crippen LogP contribution in [0.25, 0.3) is 0 Å². The van der Waals surface area contributed by atoms with E-state index in [1.165, 1.54) is 0 Å². The first-order chi connectivity index (χ1) is 13.6. The summed E-state index contributed by atoms with van der Waals surface area (Å²) in [5, 5.41) is 0. The lowest BCUT2D eigenvalue weighted by molar-refractivity contribution is 0.356. The van der Waals surface area contributed by atoms with Crippen LogP contribution in [0.15, 0.2) is 22.0 Å². The summed E-state index contributed by atoms with van der Waals surface area (Å²) in [6, 6.07) is 0. The van der Waals surface area contributed by atoms with Gasteiger partial charge in [0.1, 0.15) is 11.6 Å². The summed E-state index contributed by atoms with van der Waals surface area (Å²) < 4.78 is 1.66. The smallest absolute Gasteiger partial charge is 0.256 e. The van der Waals surface area contributed by atoms with E-state index in [1.807, 2.05) is 34.6 Å². The monoisotopic (exact) mass is 414 g/mol. The molecule has 0 fully saturated rings. The van der Waals surface area contributed by atoms with E-state index < -0.39 is 0 Å². The predicted octanol–water partition coefficient (Wildman–Crippen LogP) is 4.32. The zero-order valence-electron chi connectivity index (χ0n) is 20.3. The van der Waals surface area contributed by atoms with Crippen molar-refractivity contribution in [3.63, 3.8) is 0 Å². The molecule has 30 heavy (non-hydrogen) atoms. The fraction of sp³-hybridized carbons (Fsp3) is 0.667. The average molecular weight is 415 g/mol. The van der Waals surface area contributed by atoms with E-state index in [-0.39, 0.29) is 33.3 Å². The minimum absolute atomic E-state index is 0.0116. The van der Waals surface area contributed by atoms with Gasteiger partial charge in [-0.2, -0.15) is 0 Å². The van der Waals surface area contributed by atoms with E-state index in [0.717, 1.165) is 24.2 Å². The van der Waals surface area contributed by atoms with Crippen molar-refractivity contribution in [3.05, 3.63) is 55.9 Å². The molecule has 1 N–H and O–H groups in total. The van der Waals surface area contributed by atoms with E-state index in [2.05, 4.69) is 42.6 Å². The summed E-state index contributed by atoms with van der Waals surface area (Å²) in [6.45, 7) is 18.4. The molecule has 6 nitrogen and oxygen atoms in total. The zero-order chi connectivity index (χ0) is 23.1. The second-order valence-electron chi connectivity index (χ2n) is 11.0. The van der Waals surface area contributed by atoms with Crippen LogP contribution in [0.3, 0.4) is 0 Å². The maximum Gasteiger partial charge on any atom is 0.256 e. The summed E-state index contributed by atoms with van der Waals surface area (Å²) in [6.07, 6.45) is 4.98. The van der Waals surface area contributed by atoms with Crippen LogP contribution in [0.1, 0.15) is 104 Å². The number of hydrogen-bond donors (Lipinski definition) is 1. The van der Waals surface area contributed by atoms with Gasteiger partial charge in [0.05, 0.1) is 0 Å². The van der Waals surface area contributed by atoms with Gasteiger partial charge in [0.25, 0.3) is 11.1 Å². The van der Waals surface area contributed by atoms with Crippen LogP contribution in [-0.2, 0) is 23.3 Å². The third-order valence-electron chi connectivity index (χ3n) is 6.07. The Bertz CT molecular complexity index is 1020. The van der Waals surface area contributed by atoms with Crippen LogP contribution in [0.4, 0.5) is 0 Å². The molecule has 0 radical (unpaired) electrons. The molecule has 0 spiro atoms. The molecule has 2 rings (SSSR count). The second kappa shape index (κ2) is 8.12. The maximum atomic E-state index is 13.0. The standard InChI is InChI=1S/C24H38N4O2/c1-15(2)18-25-14-17(20(30)28(18)10)23(6,7)11-12-24(8,9)21-26-13-16(19(29)27-21)22(3,4)5/h13-15H,11-12H2,1-10H3,(H,26,27,29). The van der Waals surface area contributed by atoms with E-state index >= 15 is 0 Å². The van der Waals surface area contributed by atoms with Crippen molar-refractivity contribution in [1.29, 1.82) is 0 Å². The number of nitrogens with one attached hydrogen (secondary N) is 1. The topological polar surface area (TPSA) is 80.6 Å². The molecule has 0 aliphatic rings. The van der Waals surface area contributed by atoms with Gasteiger partial charge in [0.2, 0.25) is 0 Å². The van der Waals surface area contributed by atoms with Gasteiger partial charge in [-0.05, 0) is 23.7 Å². The summed E-state index contributed by atoms with van der Waals surface area (Å²) in [5.74, 6) is 1.66. The summed E-state index contributed by atoms with van der Waals surface area (Å²) in [4.78, 5) is 37.7. The fourth-order valence-corrected chi connectivity index (χ4v) is 3.71. The number of H-pyrrole nitrogens is 1. The van der Waals surface area contributed by atoms with Crippen LogP contribution < -0.4 is 11.1 Å². The molecular weight excluding hydrogens is 376 g/mol. The fourth-order valence-electron chi connectivity index (χ4n) is 3.71. The molecule has 0 saturated heterocycles. The van der Waals surface area contributed by atoms with E-state index in [1.54, 1.807) is 24.0 Å². The molecule has 166 valence electrons. The van der Waals surface area contributed by atoms with E-state index in [0.29, 0.717) is 11.4 Å². The van der Waals surface area contributed by atoms with Crippen LogP contribution in [0.5, 0.6) is 0 Å². The molecule has 2 aromatic heterocycles. The average Bonchev–Trinajstić information content (AvgIpc) is 2.60. The first-order valence-electron chi connectivity index (χ1n) is 10.7. The number of aromatic nitrogens is 4. The lowest BCUT2D eigenvalue weighted by Gasteiger charge is -2.31. The van der Waals surface area contributed by atoms with Gasteiger partial charge in [-0.25, -0.2) is 9.97 Å². The van der Waals surface area contributed by atoms with Gasteiger partial charge in [-0.1, -0.05) is 62.3 Å². The second-order valence-corrected chi connectivity index (χ2v) is 11.0. The third-order valence-corrected chi connectivity index (χ3v) is 6.07. The molecule has 2 heterocycles. The normalized spacial score (nSPS) is 13.2. The molecule has 6 heteroatoms. The summed E-state index contributed by atoms with van der Waals surface area (Å²) in [7, 11) is 1.79. The third kappa shape index (κ3) is 4.90. The van der Waals surface area contributed by atoms with Gasteiger partial charge >= 0.3 is 0 Å². The summed E-state index contributed by atoms with van der Waals surface area (Å²) >= 11 is 0. The molecule has 0 saturated carbocycles. The van der Waals surface area contributed by atoms with E-state index in [9.17, 15) is 9.59 Å². The van der Waals surface area contributed by atoms with E-state index in [4.69, 9.17) is 0 Å². The highest BCUT2D eigenvalue weighted by molar-refractivity contribution is 5.21. The van der Waals surface area contributed by atoms with Gasteiger partial charge < -0.3 is 4.98 Å². The molecular formula is C24H38N4O2. The molecule has 0 aliphatic carbocycles. The van der Waals surface area contributed by atoms with Crippen molar-refractivity contribution in [2.75, 3.05) is 0 Å². The number of nitrogens with zero attached hydrogens (tertiary/aromatic N) is 3. The van der Waals surface area contributed by atoms with Crippen molar-refractivity contribution in [2.45, 2.75) is 97.3 Å². The Hall–Kier alpha value is -2.24. The molecule has 0 unspecified atom stereocenters. The minimum Gasteiger partial charge on any atom is -0.310 e. The van der Waals surface area contributed by atoms with Crippen molar-refractivity contribution in [1.82, 2.24) is 19.5 Å². The largest absolute Gasteiger partial charge is 0.310 e. The first-order valence-corrected chi connectivity index (χ1v) is 10.7. The quantitative estimate of drug-likeness (QED) is 0.763. The SMILES string of the molecule is CC(C)c1ncc(C(C)(C)CCC(C)(C)c2ncc(C(C)(C)C)c(=O)[nH]2)c(=O)n1C. The summed E-state index contributed by atoms with van der Waals surface area (Å²) in [5.41, 5.74) is 0.404. The van der Waals surface area contributed by atoms with Crippen LogP contribution in [-0.4, -0.2) is 19.5 Å². The molecule has 0 bridgehead atoms. The van der Waals surface area contributed by atoms with Gasteiger partial charge in [-0.15, -0.1) is 0 Å². The molecule has 2 aromatic rings. The lowest BCUT2D eigenvalue weighted by atomic mass is 9.75. The lowest BCUT2D eigenvalue weighted by Crippen LogP contribution is -2.35. The molecule has 0 amide bonds. The van der Waals surface area contributed by atoms with Crippen molar-refractivity contribution in [3.8, 4) is 0 Å². The van der Waals surface area contributed by atoms with Gasteiger partial charge in [0.15, 0.2) is 0 Å².